The first kappa shape index (κ1) is 23.7. The fourth-order valence-corrected chi connectivity index (χ4v) is 5.15. The Bertz CT molecular complexity index is 1290. The minimum absolute atomic E-state index is 0.00208. The van der Waals surface area contributed by atoms with Crippen LogP contribution in [0, 0.1) is 6.92 Å². The summed E-state index contributed by atoms with van der Waals surface area (Å²) < 4.78 is 27.5. The molecule has 2 aromatic rings. The fourth-order valence-electron chi connectivity index (χ4n) is 4.06. The molecule has 2 aromatic carbocycles. The highest BCUT2D eigenvalue weighted by Crippen LogP contribution is 2.37. The lowest BCUT2D eigenvalue weighted by Crippen LogP contribution is -2.31. The molecule has 0 unspecified atom stereocenters. The van der Waals surface area contributed by atoms with Crippen molar-refractivity contribution in [2.45, 2.75) is 20.8 Å². The standard InChI is InChI=1S/C25H28N4O4S/c1-4-29(5-2)14-15-34(32,33)28-19-12-10-18(11-13-19)23-21-20(24(30)27-23)22(26-25(21)31)17-8-6-16(3)7-9-17/h6-13,28H,4-5,14-15H2,1-3H3,(H,26,31)(H,27,30). The molecule has 0 aliphatic carbocycles. The van der Waals surface area contributed by atoms with Gasteiger partial charge in [-0.2, -0.15) is 0 Å². The van der Waals surface area contributed by atoms with Crippen LogP contribution < -0.4 is 15.4 Å². The molecule has 178 valence electrons. The Kier molecular flexibility index (Phi) is 6.58. The van der Waals surface area contributed by atoms with Crippen molar-refractivity contribution in [3.05, 3.63) is 76.4 Å². The smallest absolute Gasteiger partial charge is 0.258 e. The van der Waals surface area contributed by atoms with Crippen molar-refractivity contribution in [1.29, 1.82) is 0 Å². The Morgan fingerprint density at radius 2 is 1.26 bits per heavy atom. The van der Waals surface area contributed by atoms with Gasteiger partial charge in [-0.05, 0) is 43.3 Å². The highest BCUT2D eigenvalue weighted by molar-refractivity contribution is 7.92. The van der Waals surface area contributed by atoms with Crippen LogP contribution in [0.5, 0.6) is 0 Å². The predicted octanol–water partition coefficient (Wildman–Crippen LogP) is 2.46. The van der Waals surface area contributed by atoms with Gasteiger partial charge in [0.1, 0.15) is 0 Å². The average molecular weight is 481 g/mol. The van der Waals surface area contributed by atoms with Crippen LogP contribution in [0.2, 0.25) is 0 Å². The number of hydrogen-bond acceptors (Lipinski definition) is 5. The summed E-state index contributed by atoms with van der Waals surface area (Å²) in [6.45, 7) is 7.99. The maximum Gasteiger partial charge on any atom is 0.258 e. The normalized spacial score (nSPS) is 15.6. The Morgan fingerprint density at radius 1 is 0.794 bits per heavy atom. The SMILES string of the molecule is CCN(CC)CCS(=O)(=O)Nc1ccc(C2=C3C(=O)NC(c4ccc(C)cc4)=C3C(=O)N2)cc1. The van der Waals surface area contributed by atoms with Crippen molar-refractivity contribution in [3.8, 4) is 0 Å². The molecule has 8 nitrogen and oxygen atoms in total. The van der Waals surface area contributed by atoms with Gasteiger partial charge in [-0.3, -0.25) is 14.3 Å². The molecular formula is C25H28N4O4S. The molecule has 0 saturated carbocycles. The quantitative estimate of drug-likeness (QED) is 0.511. The molecule has 4 rings (SSSR count). The lowest BCUT2D eigenvalue weighted by atomic mass is 10.0. The van der Waals surface area contributed by atoms with E-state index in [4.69, 9.17) is 0 Å². The molecule has 2 amide bonds. The van der Waals surface area contributed by atoms with Gasteiger partial charge < -0.3 is 15.5 Å². The fraction of sp³-hybridized carbons (Fsp3) is 0.280. The third-order valence-electron chi connectivity index (χ3n) is 6.04. The van der Waals surface area contributed by atoms with Crippen LogP contribution in [0.15, 0.2) is 59.7 Å². The molecule has 34 heavy (non-hydrogen) atoms. The summed E-state index contributed by atoms with van der Waals surface area (Å²) in [5.74, 6) is -0.696. The van der Waals surface area contributed by atoms with Gasteiger partial charge >= 0.3 is 0 Å². The van der Waals surface area contributed by atoms with Crippen molar-refractivity contribution in [1.82, 2.24) is 15.5 Å². The molecule has 3 N–H and O–H groups in total. The maximum atomic E-state index is 12.8. The number of nitrogens with one attached hydrogen (secondary N) is 3. The molecule has 2 aliphatic rings. The van der Waals surface area contributed by atoms with Crippen LogP contribution >= 0.6 is 0 Å². The van der Waals surface area contributed by atoms with E-state index >= 15 is 0 Å². The van der Waals surface area contributed by atoms with E-state index in [2.05, 4.69) is 15.4 Å². The summed E-state index contributed by atoms with van der Waals surface area (Å²) >= 11 is 0. The second-order valence-corrected chi connectivity index (χ2v) is 10.1. The number of amides is 2. The zero-order valence-corrected chi connectivity index (χ0v) is 20.3. The highest BCUT2D eigenvalue weighted by Gasteiger charge is 2.40. The molecule has 0 fully saturated rings. The van der Waals surface area contributed by atoms with Gasteiger partial charge in [-0.1, -0.05) is 55.8 Å². The number of aryl methyl sites for hydroxylation is 1. The molecule has 0 spiro atoms. The Morgan fingerprint density at radius 3 is 1.74 bits per heavy atom. The van der Waals surface area contributed by atoms with Crippen molar-refractivity contribution in [3.63, 3.8) is 0 Å². The molecule has 0 aromatic heterocycles. The van der Waals surface area contributed by atoms with E-state index in [1.807, 2.05) is 49.9 Å². The molecule has 9 heteroatoms. The van der Waals surface area contributed by atoms with E-state index in [-0.39, 0.29) is 17.6 Å². The van der Waals surface area contributed by atoms with Gasteiger partial charge in [0.05, 0.1) is 28.3 Å². The zero-order valence-electron chi connectivity index (χ0n) is 19.4. The first-order valence-electron chi connectivity index (χ1n) is 11.2. The summed E-state index contributed by atoms with van der Waals surface area (Å²) in [6, 6.07) is 14.2. The molecular weight excluding hydrogens is 452 g/mol. The number of carbonyl (C=O) groups is 2. The monoisotopic (exact) mass is 480 g/mol. The van der Waals surface area contributed by atoms with Gasteiger partial charge in [0.25, 0.3) is 11.8 Å². The number of anilines is 1. The lowest BCUT2D eigenvalue weighted by Gasteiger charge is -2.18. The van der Waals surface area contributed by atoms with Gasteiger partial charge in [-0.25, -0.2) is 8.42 Å². The number of fused-ring (bicyclic) bond motifs is 1. The largest absolute Gasteiger partial charge is 0.321 e. The van der Waals surface area contributed by atoms with Crippen LogP contribution in [0.3, 0.4) is 0 Å². The zero-order chi connectivity index (χ0) is 24.5. The Balaban J connectivity index is 1.57. The third kappa shape index (κ3) is 4.76. The second-order valence-electron chi connectivity index (χ2n) is 8.30. The van der Waals surface area contributed by atoms with Crippen molar-refractivity contribution in [2.75, 3.05) is 30.1 Å². The molecule has 2 heterocycles. The van der Waals surface area contributed by atoms with E-state index < -0.39 is 10.0 Å². The first-order chi connectivity index (χ1) is 16.2. The van der Waals surface area contributed by atoms with Crippen molar-refractivity contribution in [2.24, 2.45) is 0 Å². The number of sulfonamides is 1. The van der Waals surface area contributed by atoms with E-state index in [9.17, 15) is 18.0 Å². The Labute approximate surface area is 199 Å². The third-order valence-corrected chi connectivity index (χ3v) is 7.31. The summed E-state index contributed by atoms with van der Waals surface area (Å²) in [4.78, 5) is 27.6. The summed E-state index contributed by atoms with van der Waals surface area (Å²) in [7, 11) is -3.50. The van der Waals surface area contributed by atoms with Gasteiger partial charge in [-0.15, -0.1) is 0 Å². The van der Waals surface area contributed by atoms with Crippen LogP contribution in [-0.4, -0.2) is 50.5 Å². The topological polar surface area (TPSA) is 108 Å². The van der Waals surface area contributed by atoms with Crippen LogP contribution in [0.1, 0.15) is 30.5 Å². The number of rotatable bonds is 9. The van der Waals surface area contributed by atoms with E-state index in [0.717, 1.165) is 24.2 Å². The van der Waals surface area contributed by atoms with Gasteiger partial charge in [0, 0.05) is 12.2 Å². The molecule has 0 radical (unpaired) electrons. The van der Waals surface area contributed by atoms with E-state index in [1.54, 1.807) is 24.3 Å². The number of hydrogen-bond donors (Lipinski definition) is 3. The molecule has 2 aliphatic heterocycles. The molecule has 0 atom stereocenters. The van der Waals surface area contributed by atoms with Crippen LogP contribution in [0.25, 0.3) is 11.4 Å². The predicted molar refractivity (Wildman–Crippen MR) is 133 cm³/mol. The van der Waals surface area contributed by atoms with Gasteiger partial charge in [0.2, 0.25) is 10.0 Å². The lowest BCUT2D eigenvalue weighted by molar-refractivity contribution is -0.117. The number of carbonyl (C=O) groups excluding carboxylic acids is 2. The molecule has 0 saturated heterocycles. The van der Waals surface area contributed by atoms with Gasteiger partial charge in [0.15, 0.2) is 0 Å². The minimum Gasteiger partial charge on any atom is -0.321 e. The van der Waals surface area contributed by atoms with E-state index in [1.165, 1.54) is 0 Å². The average Bonchev–Trinajstić information content (AvgIpc) is 3.33. The maximum absolute atomic E-state index is 12.8. The summed E-state index contributed by atoms with van der Waals surface area (Å²) in [6.07, 6.45) is 0. The highest BCUT2D eigenvalue weighted by atomic mass is 32.2. The van der Waals surface area contributed by atoms with Crippen molar-refractivity contribution < 1.29 is 18.0 Å². The number of benzene rings is 2. The Hall–Kier alpha value is -3.43. The summed E-state index contributed by atoms with van der Waals surface area (Å²) in [5.41, 5.74) is 4.40. The first-order valence-corrected chi connectivity index (χ1v) is 12.9. The van der Waals surface area contributed by atoms with Crippen LogP contribution in [0.4, 0.5) is 5.69 Å². The molecule has 0 bridgehead atoms. The second kappa shape index (κ2) is 9.44. The van der Waals surface area contributed by atoms with E-state index in [0.29, 0.717) is 40.3 Å². The van der Waals surface area contributed by atoms with Crippen molar-refractivity contribution >= 4 is 38.9 Å². The van der Waals surface area contributed by atoms with Crippen LogP contribution in [-0.2, 0) is 19.6 Å². The number of nitrogens with zero attached hydrogens (tertiary/aromatic N) is 1. The minimum atomic E-state index is -3.50. The summed E-state index contributed by atoms with van der Waals surface area (Å²) in [5, 5.41) is 5.63.